The van der Waals surface area contributed by atoms with E-state index in [1.807, 2.05) is 13.0 Å². The molecule has 1 aliphatic heterocycles. The van der Waals surface area contributed by atoms with Gasteiger partial charge in [0, 0.05) is 29.3 Å². The van der Waals surface area contributed by atoms with Crippen molar-refractivity contribution < 1.29 is 28.6 Å². The van der Waals surface area contributed by atoms with Crippen LogP contribution >= 0.6 is 0 Å². The van der Waals surface area contributed by atoms with E-state index in [0.29, 0.717) is 34.0 Å². The molecule has 212 valence electrons. The molecule has 3 heterocycles. The number of carbonyl (C=O) groups excluding carboxylic acids is 1. The molecule has 0 saturated carbocycles. The van der Waals surface area contributed by atoms with Gasteiger partial charge in [0.25, 0.3) is 0 Å². The van der Waals surface area contributed by atoms with Gasteiger partial charge in [0.05, 0.1) is 42.8 Å². The monoisotopic (exact) mass is 560 g/mol. The van der Waals surface area contributed by atoms with Gasteiger partial charge >= 0.3 is 5.97 Å². The Balaban J connectivity index is 1.39. The maximum Gasteiger partial charge on any atom is 0.305 e. The minimum absolute atomic E-state index is 0.0987. The van der Waals surface area contributed by atoms with Crippen LogP contribution in [-0.4, -0.2) is 62.6 Å². The molecule has 1 atom stereocenters. The van der Waals surface area contributed by atoms with E-state index in [-0.39, 0.29) is 37.9 Å². The number of carbonyl (C=O) groups is 2. The maximum absolute atomic E-state index is 13.7. The summed E-state index contributed by atoms with van der Waals surface area (Å²) in [5.41, 5.74) is 8.20. The fourth-order valence-corrected chi connectivity index (χ4v) is 4.43. The highest BCUT2D eigenvalue weighted by atomic mass is 19.1. The summed E-state index contributed by atoms with van der Waals surface area (Å²) in [5, 5.41) is 11.8. The standard InChI is InChI=1S/C29H29FN6O5/c1-29(25(31)24(39)18-5-3-2-4-6-18)15-40-27(41-16-29)26-35-22(17-7-9-19(30)10-8-17)23(36-26)20-11-13-32-28(34-20)33-14-12-21(37)38/h2-11,13,25,27H,12,14-16,31H2,1H3,(H,35,36)(H,37,38)(H,32,33,34). The predicted octanol–water partition coefficient (Wildman–Crippen LogP) is 3.82. The fraction of sp³-hybridized carbons (Fsp3) is 0.276. The number of aromatic nitrogens is 4. The second-order valence-corrected chi connectivity index (χ2v) is 10.0. The van der Waals surface area contributed by atoms with Crippen LogP contribution in [0.1, 0.15) is 35.8 Å². The number of aliphatic carboxylic acids is 1. The fourth-order valence-electron chi connectivity index (χ4n) is 4.43. The van der Waals surface area contributed by atoms with Crippen molar-refractivity contribution in [1.29, 1.82) is 0 Å². The van der Waals surface area contributed by atoms with Gasteiger partial charge in [-0.2, -0.15) is 0 Å². The van der Waals surface area contributed by atoms with E-state index in [1.165, 1.54) is 18.3 Å². The van der Waals surface area contributed by atoms with E-state index in [1.54, 1.807) is 42.5 Å². The lowest BCUT2D eigenvalue weighted by molar-refractivity contribution is -0.235. The normalized spacial score (nSPS) is 19.4. The number of anilines is 1. The molecule has 0 spiro atoms. The van der Waals surface area contributed by atoms with Crippen LogP contribution in [0.4, 0.5) is 10.3 Å². The van der Waals surface area contributed by atoms with Crippen LogP contribution in [0.15, 0.2) is 66.9 Å². The summed E-state index contributed by atoms with van der Waals surface area (Å²) in [5.74, 6) is -0.947. The number of nitrogens with one attached hydrogen (secondary N) is 2. The Bertz CT molecular complexity index is 1520. The van der Waals surface area contributed by atoms with E-state index >= 15 is 0 Å². The van der Waals surface area contributed by atoms with E-state index in [2.05, 4.69) is 20.3 Å². The first-order chi connectivity index (χ1) is 19.7. The molecule has 0 aliphatic carbocycles. The largest absolute Gasteiger partial charge is 0.481 e. The average molecular weight is 561 g/mol. The van der Waals surface area contributed by atoms with E-state index in [9.17, 15) is 14.0 Å². The van der Waals surface area contributed by atoms with E-state index in [4.69, 9.17) is 25.3 Å². The van der Waals surface area contributed by atoms with Crippen molar-refractivity contribution in [3.63, 3.8) is 0 Å². The topological polar surface area (TPSA) is 165 Å². The number of Topliss-reactive ketones (excluding diaryl/α,β-unsaturated/α-hetero) is 1. The van der Waals surface area contributed by atoms with Gasteiger partial charge in [-0.25, -0.2) is 19.3 Å². The number of nitrogens with two attached hydrogens (primary N) is 1. The van der Waals surface area contributed by atoms with Crippen LogP contribution < -0.4 is 11.1 Å². The highest BCUT2D eigenvalue weighted by Crippen LogP contribution is 2.37. The van der Waals surface area contributed by atoms with Gasteiger partial charge in [-0.05, 0) is 30.3 Å². The van der Waals surface area contributed by atoms with Gasteiger partial charge in [0.1, 0.15) is 5.82 Å². The van der Waals surface area contributed by atoms with Gasteiger partial charge in [-0.15, -0.1) is 0 Å². The number of ether oxygens (including phenoxy) is 2. The zero-order valence-corrected chi connectivity index (χ0v) is 22.2. The summed E-state index contributed by atoms with van der Waals surface area (Å²) < 4.78 is 25.8. The number of hydrogen-bond donors (Lipinski definition) is 4. The molecule has 2 aromatic heterocycles. The van der Waals surface area contributed by atoms with Crippen molar-refractivity contribution in [1.82, 2.24) is 19.9 Å². The summed E-state index contributed by atoms with van der Waals surface area (Å²) >= 11 is 0. The molecule has 0 bridgehead atoms. The first kappa shape index (κ1) is 28.0. The van der Waals surface area contributed by atoms with Crippen molar-refractivity contribution in [3.05, 3.63) is 84.1 Å². The second kappa shape index (κ2) is 11.9. The highest BCUT2D eigenvalue weighted by molar-refractivity contribution is 6.00. The number of ketones is 1. The maximum atomic E-state index is 13.7. The number of carboxylic acid groups (broad SMARTS) is 1. The molecular weight excluding hydrogens is 531 g/mol. The van der Waals surface area contributed by atoms with Crippen molar-refractivity contribution >= 4 is 17.7 Å². The molecule has 4 aromatic rings. The Labute approximate surface area is 235 Å². The van der Waals surface area contributed by atoms with Crippen LogP contribution in [0.25, 0.3) is 22.6 Å². The van der Waals surface area contributed by atoms with Gasteiger partial charge < -0.3 is 30.6 Å². The lowest BCUT2D eigenvalue weighted by Crippen LogP contribution is -2.53. The molecule has 1 fully saturated rings. The van der Waals surface area contributed by atoms with Crippen LogP contribution in [0, 0.1) is 11.2 Å². The Kier molecular flexibility index (Phi) is 8.15. The summed E-state index contributed by atoms with van der Waals surface area (Å²) in [7, 11) is 0. The summed E-state index contributed by atoms with van der Waals surface area (Å²) in [6, 6.07) is 15.5. The Morgan fingerprint density at radius 1 is 1.12 bits per heavy atom. The van der Waals surface area contributed by atoms with Crippen molar-refractivity contribution in [2.45, 2.75) is 25.7 Å². The zero-order chi connectivity index (χ0) is 29.0. The SMILES string of the molecule is CC1(C(N)C(=O)c2ccccc2)COC(c2nc(-c3ccc(F)cc3)c(-c3ccnc(NCCC(=O)O)n3)[nH]2)OC1. The van der Waals surface area contributed by atoms with Crippen LogP contribution in [-0.2, 0) is 14.3 Å². The van der Waals surface area contributed by atoms with Crippen molar-refractivity contribution in [3.8, 4) is 22.6 Å². The van der Waals surface area contributed by atoms with Crippen LogP contribution in [0.3, 0.4) is 0 Å². The molecule has 0 radical (unpaired) electrons. The quantitative estimate of drug-likeness (QED) is 0.210. The first-order valence-corrected chi connectivity index (χ1v) is 13.0. The second-order valence-electron chi connectivity index (χ2n) is 10.0. The molecule has 1 saturated heterocycles. The number of nitrogens with zero attached hydrogens (tertiary/aromatic N) is 3. The summed E-state index contributed by atoms with van der Waals surface area (Å²) in [6.45, 7) is 2.27. The molecule has 41 heavy (non-hydrogen) atoms. The van der Waals surface area contributed by atoms with Crippen molar-refractivity contribution in [2.24, 2.45) is 11.1 Å². The van der Waals surface area contributed by atoms with Gasteiger partial charge in [0.2, 0.25) is 12.2 Å². The number of hydrogen-bond acceptors (Lipinski definition) is 9. The third-order valence-corrected chi connectivity index (χ3v) is 6.82. The lowest BCUT2D eigenvalue weighted by Gasteiger charge is -2.39. The first-order valence-electron chi connectivity index (χ1n) is 13.0. The Morgan fingerprint density at radius 2 is 1.83 bits per heavy atom. The zero-order valence-electron chi connectivity index (χ0n) is 22.2. The number of rotatable bonds is 10. The van der Waals surface area contributed by atoms with Gasteiger partial charge in [0.15, 0.2) is 11.6 Å². The molecule has 2 aromatic carbocycles. The minimum atomic E-state index is -0.945. The van der Waals surface area contributed by atoms with Crippen LogP contribution in [0.2, 0.25) is 0 Å². The molecule has 5 rings (SSSR count). The number of benzene rings is 2. The third-order valence-electron chi connectivity index (χ3n) is 6.82. The van der Waals surface area contributed by atoms with Crippen molar-refractivity contribution in [2.75, 3.05) is 25.1 Å². The van der Waals surface area contributed by atoms with Crippen LogP contribution in [0.5, 0.6) is 0 Å². The van der Waals surface area contributed by atoms with E-state index < -0.39 is 29.5 Å². The number of aromatic amines is 1. The Hall–Kier alpha value is -4.52. The number of halogens is 1. The molecule has 0 amide bonds. The minimum Gasteiger partial charge on any atom is -0.481 e. The molecule has 11 nitrogen and oxygen atoms in total. The summed E-state index contributed by atoms with van der Waals surface area (Å²) in [4.78, 5) is 40.4. The number of carboxylic acids is 1. The van der Waals surface area contributed by atoms with E-state index in [0.717, 1.165) is 0 Å². The smallest absolute Gasteiger partial charge is 0.305 e. The van der Waals surface area contributed by atoms with Gasteiger partial charge in [-0.1, -0.05) is 37.3 Å². The molecule has 5 N–H and O–H groups in total. The molecule has 1 aliphatic rings. The predicted molar refractivity (Wildman–Crippen MR) is 147 cm³/mol. The molecular formula is C29H29FN6O5. The molecule has 12 heteroatoms. The highest BCUT2D eigenvalue weighted by Gasteiger charge is 2.42. The third kappa shape index (κ3) is 6.30. The summed E-state index contributed by atoms with van der Waals surface area (Å²) in [6.07, 6.45) is 0.549. The number of imidazole rings is 1. The molecule has 1 unspecified atom stereocenters. The Morgan fingerprint density at radius 3 is 2.51 bits per heavy atom. The lowest BCUT2D eigenvalue weighted by atomic mass is 9.80. The van der Waals surface area contributed by atoms with Gasteiger partial charge in [-0.3, -0.25) is 9.59 Å². The number of H-pyrrole nitrogens is 1. The average Bonchev–Trinajstić information content (AvgIpc) is 3.43.